The van der Waals surface area contributed by atoms with Crippen molar-refractivity contribution in [2.75, 3.05) is 25.0 Å². The smallest absolute Gasteiger partial charge is 0.378 e. The van der Waals surface area contributed by atoms with Crippen LogP contribution >= 0.6 is 0 Å². The van der Waals surface area contributed by atoms with Crippen LogP contribution in [-0.4, -0.2) is 46.5 Å². The number of benzene rings is 2. The maximum atomic E-state index is 14.0. The average molecular weight is 488 g/mol. The van der Waals surface area contributed by atoms with E-state index in [-0.39, 0.29) is 34.2 Å². The van der Waals surface area contributed by atoms with E-state index in [4.69, 9.17) is 0 Å². The first-order chi connectivity index (χ1) is 16.6. The van der Waals surface area contributed by atoms with Crippen molar-refractivity contribution in [3.63, 3.8) is 0 Å². The van der Waals surface area contributed by atoms with Gasteiger partial charge in [-0.1, -0.05) is 6.92 Å². The van der Waals surface area contributed by atoms with Crippen LogP contribution in [0.3, 0.4) is 0 Å². The Hall–Kier alpha value is -3.40. The second kappa shape index (κ2) is 9.69. The van der Waals surface area contributed by atoms with Crippen molar-refractivity contribution in [3.05, 3.63) is 69.3 Å². The Balaban J connectivity index is 1.63. The van der Waals surface area contributed by atoms with E-state index in [0.717, 1.165) is 12.6 Å². The molecule has 186 valence electrons. The van der Waals surface area contributed by atoms with E-state index in [1.54, 1.807) is 36.1 Å². The Morgan fingerprint density at radius 2 is 1.97 bits per heavy atom. The monoisotopic (exact) mass is 487 g/mol. The number of aryl methyl sites for hydroxylation is 1. The molecule has 4 rings (SSSR count). The van der Waals surface area contributed by atoms with Gasteiger partial charge in [0.1, 0.15) is 5.82 Å². The van der Waals surface area contributed by atoms with Crippen molar-refractivity contribution >= 4 is 22.5 Å². The molecule has 0 aliphatic carbocycles. The highest BCUT2D eigenvalue weighted by molar-refractivity contribution is 5.94. The molecule has 2 atom stereocenters. The van der Waals surface area contributed by atoms with Gasteiger partial charge in [0, 0.05) is 36.9 Å². The number of amides is 1. The largest absolute Gasteiger partial charge is 0.416 e. The Labute approximate surface area is 200 Å². The fraction of sp³-hybridized carbons (Fsp3) is 0.400. The number of carbonyl (C=O) groups is 1. The van der Waals surface area contributed by atoms with Crippen molar-refractivity contribution in [2.45, 2.75) is 45.5 Å². The third kappa shape index (κ3) is 5.32. The molecule has 3 aromatic rings. The summed E-state index contributed by atoms with van der Waals surface area (Å²) in [4.78, 5) is 33.6. The highest BCUT2D eigenvalue weighted by Gasteiger charge is 2.36. The molecule has 2 unspecified atom stereocenters. The third-order valence-corrected chi connectivity index (χ3v) is 6.21. The lowest BCUT2D eigenvalue weighted by atomic mass is 9.95. The maximum absolute atomic E-state index is 14.0. The molecular weight excluding hydrogens is 459 g/mol. The second-order valence-electron chi connectivity index (χ2n) is 8.89. The number of nitrogens with one attached hydrogen (secondary N) is 3. The molecule has 3 N–H and O–H groups in total. The number of alkyl halides is 3. The number of rotatable bonds is 5. The normalized spacial score (nSPS) is 17.4. The summed E-state index contributed by atoms with van der Waals surface area (Å²) in [6.07, 6.45) is -4.28. The summed E-state index contributed by atoms with van der Waals surface area (Å²) in [7, 11) is 0. The molecule has 35 heavy (non-hydrogen) atoms. The Bertz CT molecular complexity index is 1290. The molecule has 0 saturated carbocycles. The van der Waals surface area contributed by atoms with Gasteiger partial charge in [0.25, 0.3) is 11.5 Å². The van der Waals surface area contributed by atoms with Gasteiger partial charge >= 0.3 is 6.18 Å². The molecule has 1 saturated heterocycles. The minimum absolute atomic E-state index is 0.00211. The summed E-state index contributed by atoms with van der Waals surface area (Å²) >= 11 is 0. The van der Waals surface area contributed by atoms with E-state index in [1.165, 1.54) is 13.0 Å². The molecular formula is C25H28F3N5O2. The molecule has 1 aliphatic heterocycles. The van der Waals surface area contributed by atoms with Crippen LogP contribution in [-0.2, 0) is 6.18 Å². The molecule has 1 amide bonds. The molecule has 2 aromatic carbocycles. The van der Waals surface area contributed by atoms with Gasteiger partial charge in [-0.2, -0.15) is 13.2 Å². The number of anilines is 1. The first-order valence-electron chi connectivity index (χ1n) is 11.6. The summed E-state index contributed by atoms with van der Waals surface area (Å²) in [5.41, 5.74) is -0.247. The number of hydrogen-bond donors (Lipinski definition) is 3. The molecule has 7 nitrogen and oxygen atoms in total. The molecule has 1 fully saturated rings. The lowest BCUT2D eigenvalue weighted by molar-refractivity contribution is -0.138. The number of aromatic nitrogens is 2. The van der Waals surface area contributed by atoms with Gasteiger partial charge in [-0.3, -0.25) is 9.59 Å². The fourth-order valence-electron chi connectivity index (χ4n) is 4.46. The summed E-state index contributed by atoms with van der Waals surface area (Å²) in [6, 6.07) is 8.43. The van der Waals surface area contributed by atoms with Gasteiger partial charge in [-0.15, -0.1) is 0 Å². The standard InChI is InChI=1S/C25H28F3N5O2/c1-4-21(18-11-19-22(12-20(18)25(26,27)28)30-15(3)31-23(19)34)32-17-7-5-16(6-8-17)24(35)33-10-9-29-14(2)13-33/h5-8,11-12,14,21,29,32H,4,9-10,13H2,1-3H3,(H,30,31,34). The van der Waals surface area contributed by atoms with Crippen LogP contribution in [0.5, 0.6) is 0 Å². The van der Waals surface area contributed by atoms with E-state index in [1.807, 2.05) is 6.92 Å². The van der Waals surface area contributed by atoms with E-state index >= 15 is 0 Å². The van der Waals surface area contributed by atoms with Gasteiger partial charge in [0.15, 0.2) is 0 Å². The summed E-state index contributed by atoms with van der Waals surface area (Å²) < 4.78 is 41.9. The summed E-state index contributed by atoms with van der Waals surface area (Å²) in [5, 5.41) is 6.53. The SMILES string of the molecule is CCC(Nc1ccc(C(=O)N2CCNC(C)C2)cc1)c1cc2c(=O)[nH]c(C)nc2cc1C(F)(F)F. The van der Waals surface area contributed by atoms with Gasteiger partial charge in [-0.25, -0.2) is 4.98 Å². The van der Waals surface area contributed by atoms with Crippen molar-refractivity contribution in [1.29, 1.82) is 0 Å². The Morgan fingerprint density at radius 3 is 2.60 bits per heavy atom. The number of hydrogen-bond acceptors (Lipinski definition) is 5. The van der Waals surface area contributed by atoms with Gasteiger partial charge < -0.3 is 20.5 Å². The average Bonchev–Trinajstić information content (AvgIpc) is 2.81. The van der Waals surface area contributed by atoms with Crippen LogP contribution in [0, 0.1) is 6.92 Å². The Kier molecular flexibility index (Phi) is 6.84. The first-order valence-corrected chi connectivity index (χ1v) is 11.6. The third-order valence-electron chi connectivity index (χ3n) is 6.21. The summed E-state index contributed by atoms with van der Waals surface area (Å²) in [6.45, 7) is 7.28. The van der Waals surface area contributed by atoms with Crippen molar-refractivity contribution in [1.82, 2.24) is 20.2 Å². The lowest BCUT2D eigenvalue weighted by Crippen LogP contribution is -2.51. The molecule has 1 aromatic heterocycles. The minimum Gasteiger partial charge on any atom is -0.378 e. The molecule has 0 radical (unpaired) electrons. The van der Waals surface area contributed by atoms with Crippen LogP contribution < -0.4 is 16.2 Å². The quantitative estimate of drug-likeness (QED) is 0.501. The van der Waals surface area contributed by atoms with Crippen LogP contribution in [0.15, 0.2) is 41.2 Å². The zero-order valence-corrected chi connectivity index (χ0v) is 19.8. The predicted molar refractivity (Wildman–Crippen MR) is 129 cm³/mol. The van der Waals surface area contributed by atoms with E-state index in [2.05, 4.69) is 20.6 Å². The first kappa shape index (κ1) is 24.7. The number of H-pyrrole nitrogens is 1. The molecule has 1 aliphatic rings. The number of nitrogens with zero attached hydrogens (tertiary/aromatic N) is 2. The number of aromatic amines is 1. The van der Waals surface area contributed by atoms with E-state index in [9.17, 15) is 22.8 Å². The van der Waals surface area contributed by atoms with Gasteiger partial charge in [0.2, 0.25) is 0 Å². The van der Waals surface area contributed by atoms with Gasteiger partial charge in [0.05, 0.1) is 22.5 Å². The zero-order valence-electron chi connectivity index (χ0n) is 19.8. The van der Waals surface area contributed by atoms with E-state index in [0.29, 0.717) is 30.8 Å². The maximum Gasteiger partial charge on any atom is 0.416 e. The number of carbonyl (C=O) groups excluding carboxylic acids is 1. The summed E-state index contributed by atoms with van der Waals surface area (Å²) in [5.74, 6) is 0.172. The zero-order chi connectivity index (χ0) is 25.3. The molecule has 10 heteroatoms. The number of fused-ring (bicyclic) bond motifs is 1. The van der Waals surface area contributed by atoms with Crippen LogP contribution in [0.25, 0.3) is 10.9 Å². The number of piperazine rings is 1. The molecule has 0 spiro atoms. The fourth-order valence-corrected chi connectivity index (χ4v) is 4.46. The second-order valence-corrected chi connectivity index (χ2v) is 8.89. The van der Waals surface area contributed by atoms with Crippen molar-refractivity contribution < 1.29 is 18.0 Å². The lowest BCUT2D eigenvalue weighted by Gasteiger charge is -2.32. The number of halogens is 3. The molecule has 0 bridgehead atoms. The van der Waals surface area contributed by atoms with Crippen molar-refractivity contribution in [3.8, 4) is 0 Å². The minimum atomic E-state index is -4.62. The highest BCUT2D eigenvalue weighted by Crippen LogP contribution is 2.38. The predicted octanol–water partition coefficient (Wildman–Crippen LogP) is 4.25. The topological polar surface area (TPSA) is 90.1 Å². The van der Waals surface area contributed by atoms with Gasteiger partial charge in [-0.05, 0) is 62.2 Å². The van der Waals surface area contributed by atoms with E-state index < -0.39 is 23.3 Å². The Morgan fingerprint density at radius 1 is 1.26 bits per heavy atom. The van der Waals surface area contributed by atoms with Crippen LogP contribution in [0.4, 0.5) is 18.9 Å². The van der Waals surface area contributed by atoms with Crippen molar-refractivity contribution in [2.24, 2.45) is 0 Å². The van der Waals surface area contributed by atoms with Crippen LogP contribution in [0.2, 0.25) is 0 Å². The molecule has 2 heterocycles. The van der Waals surface area contributed by atoms with Crippen LogP contribution in [0.1, 0.15) is 53.6 Å². The highest BCUT2D eigenvalue weighted by atomic mass is 19.4.